The van der Waals surface area contributed by atoms with E-state index in [-0.39, 0.29) is 24.6 Å². The highest BCUT2D eigenvalue weighted by Gasteiger charge is 2.31. The van der Waals surface area contributed by atoms with E-state index in [4.69, 9.17) is 4.74 Å². The third-order valence-corrected chi connectivity index (χ3v) is 6.38. The van der Waals surface area contributed by atoms with Crippen molar-refractivity contribution in [1.82, 2.24) is 10.2 Å². The maximum Gasteiger partial charge on any atom is 0.410 e. The van der Waals surface area contributed by atoms with Gasteiger partial charge in [0, 0.05) is 18.2 Å². The Balaban J connectivity index is 1.22. The van der Waals surface area contributed by atoms with Crippen LogP contribution in [0.3, 0.4) is 0 Å². The molecule has 2 aliphatic rings. The van der Waals surface area contributed by atoms with Crippen molar-refractivity contribution >= 4 is 12.0 Å². The zero-order valence-corrected chi connectivity index (χ0v) is 18.6. The van der Waals surface area contributed by atoms with Crippen LogP contribution in [0, 0.1) is 0 Å². The molecule has 5 heteroatoms. The fourth-order valence-corrected chi connectivity index (χ4v) is 4.34. The summed E-state index contributed by atoms with van der Waals surface area (Å²) in [5.74, 6) is -0.000117. The molecule has 168 valence electrons. The summed E-state index contributed by atoms with van der Waals surface area (Å²) in [7, 11) is 0. The van der Waals surface area contributed by atoms with E-state index in [0.29, 0.717) is 18.2 Å². The van der Waals surface area contributed by atoms with Crippen molar-refractivity contribution in [2.75, 3.05) is 6.54 Å². The van der Waals surface area contributed by atoms with Crippen molar-refractivity contribution in [3.63, 3.8) is 0 Å². The van der Waals surface area contributed by atoms with Crippen LogP contribution in [0.25, 0.3) is 11.1 Å². The molecule has 33 heavy (non-hydrogen) atoms. The monoisotopic (exact) mass is 440 g/mol. The van der Waals surface area contributed by atoms with Crippen LogP contribution in [0.2, 0.25) is 0 Å². The second-order valence-corrected chi connectivity index (χ2v) is 8.84. The minimum Gasteiger partial charge on any atom is -0.445 e. The summed E-state index contributed by atoms with van der Waals surface area (Å²) in [5, 5.41) is 3.02. The summed E-state index contributed by atoms with van der Waals surface area (Å²) < 4.78 is 5.57. The summed E-state index contributed by atoms with van der Waals surface area (Å²) in [5.41, 5.74) is 4.95. The number of benzene rings is 3. The summed E-state index contributed by atoms with van der Waals surface area (Å²) >= 11 is 0. The van der Waals surface area contributed by atoms with Gasteiger partial charge in [0.05, 0.1) is 6.04 Å². The number of ether oxygens (including phenoxy) is 1. The van der Waals surface area contributed by atoms with Gasteiger partial charge >= 0.3 is 6.09 Å². The Morgan fingerprint density at radius 1 is 0.848 bits per heavy atom. The van der Waals surface area contributed by atoms with E-state index in [0.717, 1.165) is 47.9 Å². The van der Waals surface area contributed by atoms with E-state index in [1.807, 2.05) is 59.5 Å². The van der Waals surface area contributed by atoms with Gasteiger partial charge in [-0.2, -0.15) is 0 Å². The maximum atomic E-state index is 12.7. The molecule has 2 fully saturated rings. The SMILES string of the molecule is O=C(NC1CC1)c1ccc(-c2ccc([C@H]3CCCN3C(=O)OCc3ccccc3)cc2)cc1. The van der Waals surface area contributed by atoms with Gasteiger partial charge in [-0.15, -0.1) is 0 Å². The van der Waals surface area contributed by atoms with Crippen molar-refractivity contribution in [1.29, 1.82) is 0 Å². The molecule has 5 rings (SSSR count). The molecular weight excluding hydrogens is 412 g/mol. The van der Waals surface area contributed by atoms with Gasteiger partial charge in [0.15, 0.2) is 0 Å². The number of nitrogens with zero attached hydrogens (tertiary/aromatic N) is 1. The summed E-state index contributed by atoms with van der Waals surface area (Å²) in [6, 6.07) is 26.2. The molecular formula is C28H28N2O3. The molecule has 0 radical (unpaired) electrons. The molecule has 1 aliphatic carbocycles. The number of carbonyl (C=O) groups excluding carboxylic acids is 2. The third-order valence-electron chi connectivity index (χ3n) is 6.38. The summed E-state index contributed by atoms with van der Waals surface area (Å²) in [6.45, 7) is 1.00. The fraction of sp³-hybridized carbons (Fsp3) is 0.286. The van der Waals surface area contributed by atoms with Gasteiger partial charge in [-0.3, -0.25) is 4.79 Å². The standard InChI is InChI=1S/C28H28N2O3/c31-27(29-25-16-17-25)24-14-10-22(11-15-24)21-8-12-23(13-9-21)26-7-4-18-30(26)28(32)33-19-20-5-2-1-3-6-20/h1-3,5-6,8-15,25-26H,4,7,16-19H2,(H,29,31)/t26-/m1/s1. The minimum absolute atomic E-state index is 0.000117. The zero-order chi connectivity index (χ0) is 22.6. The number of rotatable bonds is 6. The Morgan fingerprint density at radius 2 is 1.52 bits per heavy atom. The molecule has 1 aliphatic heterocycles. The largest absolute Gasteiger partial charge is 0.445 e. The van der Waals surface area contributed by atoms with E-state index >= 15 is 0 Å². The Morgan fingerprint density at radius 3 is 2.18 bits per heavy atom. The van der Waals surface area contributed by atoms with Gasteiger partial charge in [-0.25, -0.2) is 4.79 Å². The lowest BCUT2D eigenvalue weighted by Crippen LogP contribution is -2.31. The first-order valence-corrected chi connectivity index (χ1v) is 11.7. The van der Waals surface area contributed by atoms with Crippen molar-refractivity contribution in [2.45, 2.75) is 44.4 Å². The van der Waals surface area contributed by atoms with E-state index in [1.54, 1.807) is 0 Å². The van der Waals surface area contributed by atoms with Crippen LogP contribution >= 0.6 is 0 Å². The first-order chi connectivity index (χ1) is 16.2. The predicted octanol–water partition coefficient (Wildman–Crippen LogP) is 5.72. The highest BCUT2D eigenvalue weighted by Crippen LogP contribution is 2.34. The average Bonchev–Trinajstić information content (AvgIpc) is 3.54. The smallest absolute Gasteiger partial charge is 0.410 e. The lowest BCUT2D eigenvalue weighted by molar-refractivity contribution is 0.0919. The molecule has 1 saturated heterocycles. The minimum atomic E-state index is -0.259. The normalized spacial score (nSPS) is 17.6. The van der Waals surface area contributed by atoms with E-state index < -0.39 is 0 Å². The second-order valence-electron chi connectivity index (χ2n) is 8.84. The van der Waals surface area contributed by atoms with Crippen LogP contribution in [0.4, 0.5) is 4.79 Å². The molecule has 1 saturated carbocycles. The lowest BCUT2D eigenvalue weighted by Gasteiger charge is -2.24. The quantitative estimate of drug-likeness (QED) is 0.533. The van der Waals surface area contributed by atoms with Crippen molar-refractivity contribution in [3.8, 4) is 11.1 Å². The lowest BCUT2D eigenvalue weighted by atomic mass is 9.99. The average molecular weight is 441 g/mol. The zero-order valence-electron chi connectivity index (χ0n) is 18.6. The molecule has 0 unspecified atom stereocenters. The second kappa shape index (κ2) is 9.49. The Hall–Kier alpha value is -3.60. The van der Waals surface area contributed by atoms with Crippen LogP contribution in [-0.2, 0) is 11.3 Å². The maximum absolute atomic E-state index is 12.7. The highest BCUT2D eigenvalue weighted by atomic mass is 16.6. The topological polar surface area (TPSA) is 58.6 Å². The van der Waals surface area contributed by atoms with Gasteiger partial charge in [-0.1, -0.05) is 66.7 Å². The molecule has 3 aromatic rings. The highest BCUT2D eigenvalue weighted by molar-refractivity contribution is 5.95. The number of hydrogen-bond donors (Lipinski definition) is 1. The molecule has 3 aromatic carbocycles. The van der Waals surface area contributed by atoms with Crippen LogP contribution in [-0.4, -0.2) is 29.5 Å². The Labute approximate surface area is 194 Å². The third kappa shape index (κ3) is 5.08. The van der Waals surface area contributed by atoms with Gasteiger partial charge in [0.2, 0.25) is 0 Å². The predicted molar refractivity (Wildman–Crippen MR) is 128 cm³/mol. The van der Waals surface area contributed by atoms with Crippen LogP contribution in [0.1, 0.15) is 53.2 Å². The first-order valence-electron chi connectivity index (χ1n) is 11.7. The molecule has 2 amide bonds. The van der Waals surface area contributed by atoms with E-state index in [2.05, 4.69) is 29.6 Å². The molecule has 5 nitrogen and oxygen atoms in total. The number of amides is 2. The number of nitrogens with one attached hydrogen (secondary N) is 1. The molecule has 1 atom stereocenters. The molecule has 0 aromatic heterocycles. The van der Waals surface area contributed by atoms with Gasteiger partial charge in [0.1, 0.15) is 6.61 Å². The van der Waals surface area contributed by atoms with Crippen molar-refractivity contribution in [2.24, 2.45) is 0 Å². The first kappa shape index (κ1) is 21.3. The number of carbonyl (C=O) groups is 2. The molecule has 0 bridgehead atoms. The van der Waals surface area contributed by atoms with E-state index in [9.17, 15) is 9.59 Å². The molecule has 1 N–H and O–H groups in total. The van der Waals surface area contributed by atoms with Crippen LogP contribution in [0.15, 0.2) is 78.9 Å². The summed E-state index contributed by atoms with van der Waals surface area (Å²) in [6.07, 6.45) is 3.81. The molecule has 1 heterocycles. The number of likely N-dealkylation sites (tertiary alicyclic amines) is 1. The van der Waals surface area contributed by atoms with Crippen LogP contribution in [0.5, 0.6) is 0 Å². The van der Waals surface area contributed by atoms with Gasteiger partial charge < -0.3 is 15.0 Å². The van der Waals surface area contributed by atoms with Gasteiger partial charge in [0.25, 0.3) is 5.91 Å². The van der Waals surface area contributed by atoms with E-state index in [1.165, 1.54) is 0 Å². The van der Waals surface area contributed by atoms with Crippen LogP contribution < -0.4 is 5.32 Å². The van der Waals surface area contributed by atoms with Crippen molar-refractivity contribution < 1.29 is 14.3 Å². The Bertz CT molecular complexity index is 1110. The summed E-state index contributed by atoms with van der Waals surface area (Å²) in [4.78, 5) is 26.8. The Kier molecular flexibility index (Phi) is 6.11. The molecule has 0 spiro atoms. The van der Waals surface area contributed by atoms with Gasteiger partial charge in [-0.05, 0) is 60.1 Å². The number of hydrogen-bond acceptors (Lipinski definition) is 3. The van der Waals surface area contributed by atoms with Crippen molar-refractivity contribution in [3.05, 3.63) is 95.6 Å². The fourth-order valence-electron chi connectivity index (χ4n) is 4.34.